The number of nitrogens with zero attached hydrogens (tertiary/aromatic N) is 1. The number of carbonyl (C=O) groups is 2. The zero-order valence-electron chi connectivity index (χ0n) is 14.6. The first-order chi connectivity index (χ1) is 11.5. The number of ether oxygens (including phenoxy) is 2. The second-order valence-electron chi connectivity index (χ2n) is 6.09. The maximum Gasteiger partial charge on any atom is 0.411 e. The van der Waals surface area contributed by atoms with Crippen LogP contribution in [0.5, 0.6) is 5.75 Å². The largest absolute Gasteiger partial charge is 0.484 e. The lowest BCUT2D eigenvalue weighted by Gasteiger charge is -2.38. The van der Waals surface area contributed by atoms with Crippen LogP contribution in [0.25, 0.3) is 0 Å². The van der Waals surface area contributed by atoms with Crippen molar-refractivity contribution < 1.29 is 19.1 Å². The number of likely N-dealkylation sites (tertiary alicyclic amines) is 1. The van der Waals surface area contributed by atoms with E-state index in [1.54, 1.807) is 31.2 Å². The normalized spacial score (nSPS) is 20.4. The van der Waals surface area contributed by atoms with Gasteiger partial charge in [0.2, 0.25) is 0 Å². The summed E-state index contributed by atoms with van der Waals surface area (Å²) in [5.74, 6) is 0.536. The minimum atomic E-state index is -0.512. The molecule has 2 rings (SSSR count). The SMILES string of the molecule is CCOC(=O)Nc1cccc(OCC(=O)N2C(C)CCCC2C)c1. The highest BCUT2D eigenvalue weighted by atomic mass is 16.5. The molecule has 2 atom stereocenters. The Morgan fingerprint density at radius 2 is 1.96 bits per heavy atom. The van der Waals surface area contributed by atoms with E-state index in [4.69, 9.17) is 9.47 Å². The van der Waals surface area contributed by atoms with E-state index in [0.717, 1.165) is 19.3 Å². The molecule has 2 unspecified atom stereocenters. The van der Waals surface area contributed by atoms with Crippen molar-refractivity contribution in [2.24, 2.45) is 0 Å². The van der Waals surface area contributed by atoms with Crippen LogP contribution in [-0.4, -0.2) is 42.2 Å². The fourth-order valence-electron chi connectivity index (χ4n) is 3.08. The highest BCUT2D eigenvalue weighted by molar-refractivity contribution is 5.84. The molecule has 6 nitrogen and oxygen atoms in total. The first-order valence-corrected chi connectivity index (χ1v) is 8.49. The molecule has 1 N–H and O–H groups in total. The lowest BCUT2D eigenvalue weighted by Crippen LogP contribution is -2.49. The molecule has 1 aliphatic rings. The lowest BCUT2D eigenvalue weighted by molar-refractivity contribution is -0.139. The van der Waals surface area contributed by atoms with Crippen molar-refractivity contribution in [3.63, 3.8) is 0 Å². The standard InChI is InChI=1S/C18H26N2O4/c1-4-23-18(22)19-15-9-6-10-16(11-15)24-12-17(21)20-13(2)7-5-8-14(20)3/h6,9-11,13-14H,4-5,7-8,12H2,1-3H3,(H,19,22). The Balaban J connectivity index is 1.91. The molecule has 2 amide bonds. The molecule has 132 valence electrons. The summed E-state index contributed by atoms with van der Waals surface area (Å²) in [6.45, 7) is 6.21. The van der Waals surface area contributed by atoms with Gasteiger partial charge in [-0.25, -0.2) is 4.79 Å². The van der Waals surface area contributed by atoms with Crippen LogP contribution in [0.3, 0.4) is 0 Å². The van der Waals surface area contributed by atoms with Gasteiger partial charge in [0.1, 0.15) is 5.75 Å². The Bertz CT molecular complexity index is 566. The van der Waals surface area contributed by atoms with Crippen molar-refractivity contribution in [2.75, 3.05) is 18.5 Å². The molecule has 0 aromatic heterocycles. The lowest BCUT2D eigenvalue weighted by atomic mass is 9.97. The second-order valence-corrected chi connectivity index (χ2v) is 6.09. The Kier molecular flexibility index (Phi) is 6.46. The summed E-state index contributed by atoms with van der Waals surface area (Å²) in [6, 6.07) is 7.43. The van der Waals surface area contributed by atoms with Gasteiger partial charge in [-0.1, -0.05) is 6.07 Å². The summed E-state index contributed by atoms with van der Waals surface area (Å²) in [4.78, 5) is 25.8. The summed E-state index contributed by atoms with van der Waals surface area (Å²) in [7, 11) is 0. The van der Waals surface area contributed by atoms with Gasteiger partial charge in [0, 0.05) is 23.8 Å². The number of benzene rings is 1. The van der Waals surface area contributed by atoms with E-state index in [-0.39, 0.29) is 24.6 Å². The zero-order chi connectivity index (χ0) is 17.5. The minimum absolute atomic E-state index is 0.00143. The van der Waals surface area contributed by atoms with E-state index in [1.165, 1.54) is 0 Å². The summed E-state index contributed by atoms with van der Waals surface area (Å²) in [6.07, 6.45) is 2.72. The van der Waals surface area contributed by atoms with Crippen molar-refractivity contribution in [1.82, 2.24) is 4.90 Å². The molecule has 1 aromatic carbocycles. The number of anilines is 1. The van der Waals surface area contributed by atoms with E-state index in [2.05, 4.69) is 19.2 Å². The zero-order valence-corrected chi connectivity index (χ0v) is 14.6. The molecule has 1 fully saturated rings. The Morgan fingerprint density at radius 3 is 2.62 bits per heavy atom. The number of carbonyl (C=O) groups excluding carboxylic acids is 2. The number of rotatable bonds is 5. The number of amides is 2. The van der Waals surface area contributed by atoms with Crippen LogP contribution in [0.2, 0.25) is 0 Å². The molecule has 24 heavy (non-hydrogen) atoms. The van der Waals surface area contributed by atoms with Gasteiger partial charge >= 0.3 is 6.09 Å². The second kappa shape index (κ2) is 8.57. The van der Waals surface area contributed by atoms with Gasteiger partial charge in [-0.05, 0) is 52.2 Å². The maximum absolute atomic E-state index is 12.5. The van der Waals surface area contributed by atoms with E-state index < -0.39 is 6.09 Å². The van der Waals surface area contributed by atoms with Crippen LogP contribution in [0, 0.1) is 0 Å². The molecule has 1 heterocycles. The smallest absolute Gasteiger partial charge is 0.411 e. The fourth-order valence-corrected chi connectivity index (χ4v) is 3.08. The average Bonchev–Trinajstić information content (AvgIpc) is 2.53. The van der Waals surface area contributed by atoms with Crippen LogP contribution in [-0.2, 0) is 9.53 Å². The van der Waals surface area contributed by atoms with Crippen molar-refractivity contribution in [2.45, 2.75) is 52.1 Å². The summed E-state index contributed by atoms with van der Waals surface area (Å²) in [5, 5.41) is 2.61. The monoisotopic (exact) mass is 334 g/mol. The van der Waals surface area contributed by atoms with E-state index in [1.807, 2.05) is 4.90 Å². The molecular formula is C18H26N2O4. The first kappa shape index (κ1) is 18.1. The number of nitrogens with one attached hydrogen (secondary N) is 1. The predicted octanol–water partition coefficient (Wildman–Crippen LogP) is 3.42. The third kappa shape index (κ3) is 4.88. The quantitative estimate of drug-likeness (QED) is 0.896. The molecule has 0 aliphatic carbocycles. The predicted molar refractivity (Wildman–Crippen MR) is 92.2 cm³/mol. The van der Waals surface area contributed by atoms with Crippen molar-refractivity contribution in [3.8, 4) is 5.75 Å². The van der Waals surface area contributed by atoms with E-state index in [9.17, 15) is 9.59 Å². The molecule has 0 bridgehead atoms. The van der Waals surface area contributed by atoms with Crippen LogP contribution < -0.4 is 10.1 Å². The van der Waals surface area contributed by atoms with Crippen LogP contribution in [0.4, 0.5) is 10.5 Å². The van der Waals surface area contributed by atoms with Crippen LogP contribution in [0.15, 0.2) is 24.3 Å². The number of piperidine rings is 1. The molecular weight excluding hydrogens is 308 g/mol. The third-order valence-corrected chi connectivity index (χ3v) is 4.20. The summed E-state index contributed by atoms with van der Waals surface area (Å²) >= 11 is 0. The molecule has 0 radical (unpaired) electrons. The van der Waals surface area contributed by atoms with Gasteiger partial charge in [0.25, 0.3) is 5.91 Å². The molecule has 6 heteroatoms. The van der Waals surface area contributed by atoms with Crippen LogP contribution in [0.1, 0.15) is 40.0 Å². The van der Waals surface area contributed by atoms with Crippen molar-refractivity contribution in [3.05, 3.63) is 24.3 Å². The molecule has 0 spiro atoms. The van der Waals surface area contributed by atoms with Gasteiger partial charge in [-0.2, -0.15) is 0 Å². The van der Waals surface area contributed by atoms with E-state index >= 15 is 0 Å². The molecule has 0 saturated carbocycles. The van der Waals surface area contributed by atoms with Gasteiger partial charge in [-0.15, -0.1) is 0 Å². The highest BCUT2D eigenvalue weighted by Crippen LogP contribution is 2.23. The maximum atomic E-state index is 12.5. The Hall–Kier alpha value is -2.24. The Labute approximate surface area is 143 Å². The van der Waals surface area contributed by atoms with Crippen LogP contribution >= 0.6 is 0 Å². The molecule has 1 saturated heterocycles. The van der Waals surface area contributed by atoms with Gasteiger partial charge < -0.3 is 14.4 Å². The number of hydrogen-bond acceptors (Lipinski definition) is 4. The topological polar surface area (TPSA) is 67.9 Å². The van der Waals surface area contributed by atoms with Crippen molar-refractivity contribution >= 4 is 17.7 Å². The highest BCUT2D eigenvalue weighted by Gasteiger charge is 2.28. The summed E-state index contributed by atoms with van der Waals surface area (Å²) in [5.41, 5.74) is 0.568. The Morgan fingerprint density at radius 1 is 1.25 bits per heavy atom. The van der Waals surface area contributed by atoms with Gasteiger partial charge in [-0.3, -0.25) is 10.1 Å². The van der Waals surface area contributed by atoms with Crippen molar-refractivity contribution in [1.29, 1.82) is 0 Å². The molecule has 1 aliphatic heterocycles. The average molecular weight is 334 g/mol. The van der Waals surface area contributed by atoms with Gasteiger partial charge in [0.05, 0.1) is 6.61 Å². The van der Waals surface area contributed by atoms with E-state index in [0.29, 0.717) is 18.0 Å². The minimum Gasteiger partial charge on any atom is -0.484 e. The first-order valence-electron chi connectivity index (χ1n) is 8.49. The third-order valence-electron chi connectivity index (χ3n) is 4.20. The summed E-state index contributed by atoms with van der Waals surface area (Å²) < 4.78 is 10.5. The van der Waals surface area contributed by atoms with Gasteiger partial charge in [0.15, 0.2) is 6.61 Å². The molecule has 1 aromatic rings. The number of hydrogen-bond donors (Lipinski definition) is 1. The fraction of sp³-hybridized carbons (Fsp3) is 0.556.